The molecule has 0 radical (unpaired) electrons. The van der Waals surface area contributed by atoms with Crippen LogP contribution in [0, 0.1) is 11.8 Å². The molecule has 1 fully saturated rings. The molecule has 2 heterocycles. The lowest BCUT2D eigenvalue weighted by atomic mass is 10.0. The van der Waals surface area contributed by atoms with Crippen molar-refractivity contribution < 1.29 is 4.74 Å². The molecule has 0 saturated carbocycles. The first-order valence-electron chi connectivity index (χ1n) is 6.99. The number of anilines is 1. The zero-order valence-corrected chi connectivity index (χ0v) is 11.9. The highest BCUT2D eigenvalue weighted by atomic mass is 16.5. The van der Waals surface area contributed by atoms with Crippen molar-refractivity contribution >= 4 is 5.82 Å². The van der Waals surface area contributed by atoms with Crippen molar-refractivity contribution in [2.24, 2.45) is 11.8 Å². The quantitative estimate of drug-likeness (QED) is 0.881. The van der Waals surface area contributed by atoms with Crippen molar-refractivity contribution in [2.45, 2.75) is 39.8 Å². The summed E-state index contributed by atoms with van der Waals surface area (Å²) in [5, 5.41) is 3.17. The molecule has 1 aliphatic rings. The maximum Gasteiger partial charge on any atom is 0.293 e. The van der Waals surface area contributed by atoms with Gasteiger partial charge in [0.2, 0.25) is 0 Å². The van der Waals surface area contributed by atoms with Crippen LogP contribution in [0.3, 0.4) is 0 Å². The lowest BCUT2D eigenvalue weighted by molar-refractivity contribution is 0.108. The Morgan fingerprint density at radius 1 is 1.58 bits per heavy atom. The second-order valence-corrected chi connectivity index (χ2v) is 5.63. The van der Waals surface area contributed by atoms with Crippen LogP contribution in [0.4, 0.5) is 5.82 Å². The maximum atomic E-state index is 12.2. The second-order valence-electron chi connectivity index (χ2n) is 5.63. The molecule has 0 aliphatic carbocycles. The van der Waals surface area contributed by atoms with E-state index in [0.29, 0.717) is 17.7 Å². The summed E-state index contributed by atoms with van der Waals surface area (Å²) in [6.45, 7) is 8.55. The van der Waals surface area contributed by atoms with Crippen LogP contribution < -0.4 is 10.9 Å². The van der Waals surface area contributed by atoms with Crippen molar-refractivity contribution in [3.8, 4) is 0 Å². The number of hydrogen-bond donors (Lipinski definition) is 1. The second kappa shape index (κ2) is 6.19. The monoisotopic (exact) mass is 265 g/mol. The molecule has 0 bridgehead atoms. The van der Waals surface area contributed by atoms with Crippen LogP contribution in [0.25, 0.3) is 0 Å². The number of ether oxygens (including phenoxy) is 1. The lowest BCUT2D eigenvalue weighted by Crippen LogP contribution is -2.29. The Bertz CT molecular complexity index is 470. The normalized spacial score (nSPS) is 22.9. The molecule has 5 nitrogen and oxygen atoms in total. The predicted molar refractivity (Wildman–Crippen MR) is 75.3 cm³/mol. The van der Waals surface area contributed by atoms with Crippen LogP contribution in [0.5, 0.6) is 0 Å². The lowest BCUT2D eigenvalue weighted by Gasteiger charge is -2.15. The zero-order valence-electron chi connectivity index (χ0n) is 11.9. The van der Waals surface area contributed by atoms with Crippen molar-refractivity contribution in [3.63, 3.8) is 0 Å². The van der Waals surface area contributed by atoms with E-state index in [0.717, 1.165) is 26.1 Å². The molecule has 0 amide bonds. The molecule has 0 spiro atoms. The fourth-order valence-corrected chi connectivity index (χ4v) is 2.38. The molecule has 2 rings (SSSR count). The molecular formula is C14H23N3O2. The summed E-state index contributed by atoms with van der Waals surface area (Å²) in [6.07, 6.45) is 4.73. The van der Waals surface area contributed by atoms with E-state index >= 15 is 0 Å². The van der Waals surface area contributed by atoms with Gasteiger partial charge < -0.3 is 14.6 Å². The SMILES string of the molecule is CC(C)Cn1ccnc(NCC2CCOC2C)c1=O. The van der Waals surface area contributed by atoms with E-state index in [4.69, 9.17) is 4.74 Å². The van der Waals surface area contributed by atoms with Crippen LogP contribution in [-0.2, 0) is 11.3 Å². The molecule has 5 heteroatoms. The molecule has 2 atom stereocenters. The van der Waals surface area contributed by atoms with E-state index in [1.165, 1.54) is 0 Å². The summed E-state index contributed by atoms with van der Waals surface area (Å²) in [7, 11) is 0. The molecule has 1 aromatic rings. The smallest absolute Gasteiger partial charge is 0.293 e. The highest BCUT2D eigenvalue weighted by Crippen LogP contribution is 2.20. The Kier molecular flexibility index (Phi) is 4.58. The van der Waals surface area contributed by atoms with Gasteiger partial charge in [0, 0.05) is 38.0 Å². The van der Waals surface area contributed by atoms with Crippen molar-refractivity contribution in [2.75, 3.05) is 18.5 Å². The predicted octanol–water partition coefficient (Wildman–Crippen LogP) is 1.74. The van der Waals surface area contributed by atoms with Crippen molar-refractivity contribution in [1.29, 1.82) is 0 Å². The van der Waals surface area contributed by atoms with Gasteiger partial charge in [-0.1, -0.05) is 13.8 Å². The van der Waals surface area contributed by atoms with Gasteiger partial charge in [-0.05, 0) is 19.3 Å². The molecule has 1 N–H and O–H groups in total. The van der Waals surface area contributed by atoms with Gasteiger partial charge in [-0.15, -0.1) is 0 Å². The molecule has 2 unspecified atom stereocenters. The number of nitrogens with one attached hydrogen (secondary N) is 1. The number of nitrogens with zero attached hydrogens (tertiary/aromatic N) is 2. The molecule has 1 aliphatic heterocycles. The third kappa shape index (κ3) is 3.56. The largest absolute Gasteiger partial charge is 0.378 e. The minimum atomic E-state index is -0.0391. The molecule has 19 heavy (non-hydrogen) atoms. The van der Waals surface area contributed by atoms with E-state index in [-0.39, 0.29) is 11.7 Å². The Hall–Kier alpha value is -1.36. The third-order valence-electron chi connectivity index (χ3n) is 3.54. The summed E-state index contributed by atoms with van der Waals surface area (Å²) in [5.74, 6) is 1.35. The first-order chi connectivity index (χ1) is 9.08. The molecule has 1 saturated heterocycles. The fourth-order valence-electron chi connectivity index (χ4n) is 2.38. The van der Waals surface area contributed by atoms with Gasteiger partial charge in [-0.3, -0.25) is 4.79 Å². The molecular weight excluding hydrogens is 242 g/mol. The van der Waals surface area contributed by atoms with E-state index in [9.17, 15) is 4.79 Å². The molecule has 1 aromatic heterocycles. The Morgan fingerprint density at radius 2 is 2.37 bits per heavy atom. The van der Waals surface area contributed by atoms with Crippen LogP contribution in [0.15, 0.2) is 17.2 Å². The summed E-state index contributed by atoms with van der Waals surface area (Å²) >= 11 is 0. The highest BCUT2D eigenvalue weighted by molar-refractivity contribution is 5.30. The molecule has 0 aromatic carbocycles. The Labute approximate surface area is 114 Å². The van der Waals surface area contributed by atoms with Crippen molar-refractivity contribution in [3.05, 3.63) is 22.7 Å². The number of rotatable bonds is 5. The standard InChI is InChI=1S/C14H23N3O2/c1-10(2)9-17-6-5-15-13(14(17)18)16-8-12-4-7-19-11(12)3/h5-6,10-12H,4,7-9H2,1-3H3,(H,15,16). The highest BCUT2D eigenvalue weighted by Gasteiger charge is 2.24. The van der Waals surface area contributed by atoms with Gasteiger partial charge in [0.15, 0.2) is 5.82 Å². The average molecular weight is 265 g/mol. The van der Waals surface area contributed by atoms with Gasteiger partial charge in [0.05, 0.1) is 6.10 Å². The first-order valence-corrected chi connectivity index (χ1v) is 6.99. The zero-order chi connectivity index (χ0) is 13.8. The van der Waals surface area contributed by atoms with Crippen LogP contribution in [0.1, 0.15) is 27.2 Å². The van der Waals surface area contributed by atoms with Gasteiger partial charge in [-0.25, -0.2) is 4.98 Å². The van der Waals surface area contributed by atoms with Crippen LogP contribution >= 0.6 is 0 Å². The van der Waals surface area contributed by atoms with Gasteiger partial charge >= 0.3 is 0 Å². The van der Waals surface area contributed by atoms with E-state index in [1.54, 1.807) is 17.0 Å². The van der Waals surface area contributed by atoms with Gasteiger partial charge in [-0.2, -0.15) is 0 Å². The minimum Gasteiger partial charge on any atom is -0.378 e. The number of hydrogen-bond acceptors (Lipinski definition) is 4. The topological polar surface area (TPSA) is 56.1 Å². The van der Waals surface area contributed by atoms with Crippen LogP contribution in [-0.4, -0.2) is 28.8 Å². The Morgan fingerprint density at radius 3 is 3.00 bits per heavy atom. The van der Waals surface area contributed by atoms with E-state index in [2.05, 4.69) is 31.1 Å². The summed E-state index contributed by atoms with van der Waals surface area (Å²) in [5.41, 5.74) is -0.0391. The maximum absolute atomic E-state index is 12.2. The summed E-state index contributed by atoms with van der Waals surface area (Å²) < 4.78 is 7.23. The minimum absolute atomic E-state index is 0.0391. The summed E-state index contributed by atoms with van der Waals surface area (Å²) in [6, 6.07) is 0. The van der Waals surface area contributed by atoms with Crippen LogP contribution in [0.2, 0.25) is 0 Å². The summed E-state index contributed by atoms with van der Waals surface area (Å²) in [4.78, 5) is 16.3. The van der Waals surface area contributed by atoms with Gasteiger partial charge in [0.25, 0.3) is 5.56 Å². The third-order valence-corrected chi connectivity index (χ3v) is 3.54. The first kappa shape index (κ1) is 14.1. The van der Waals surface area contributed by atoms with Gasteiger partial charge in [0.1, 0.15) is 0 Å². The van der Waals surface area contributed by atoms with E-state index in [1.807, 2.05) is 0 Å². The number of aromatic nitrogens is 2. The fraction of sp³-hybridized carbons (Fsp3) is 0.714. The molecule has 106 valence electrons. The van der Waals surface area contributed by atoms with E-state index < -0.39 is 0 Å². The van der Waals surface area contributed by atoms with Crippen molar-refractivity contribution in [1.82, 2.24) is 9.55 Å². The Balaban J connectivity index is 2.02. The average Bonchev–Trinajstić information content (AvgIpc) is 2.76.